The number of hydrogen-bond acceptors (Lipinski definition) is 2. The van der Waals surface area contributed by atoms with Crippen LogP contribution in [-0.2, 0) is 11.3 Å². The smallest absolute Gasteiger partial charge is 0.0984 e. The van der Waals surface area contributed by atoms with Crippen LogP contribution in [0.2, 0.25) is 0 Å². The Balaban J connectivity index is 1.85. The van der Waals surface area contributed by atoms with Crippen molar-refractivity contribution in [3.8, 4) is 0 Å². The summed E-state index contributed by atoms with van der Waals surface area (Å²) in [6.45, 7) is 5.57. The van der Waals surface area contributed by atoms with Crippen LogP contribution in [0.25, 0.3) is 0 Å². The molecular weight excluding hydrogens is 174 g/mol. The zero-order valence-corrected chi connectivity index (χ0v) is 8.20. The van der Waals surface area contributed by atoms with E-state index in [-0.39, 0.29) is 6.10 Å². The van der Waals surface area contributed by atoms with Gasteiger partial charge < -0.3 is 10.1 Å². The summed E-state index contributed by atoms with van der Waals surface area (Å²) in [5, 5.41) is 3.19. The minimum Gasteiger partial charge on any atom is -0.387 e. The third kappa shape index (κ3) is 2.15. The zero-order chi connectivity index (χ0) is 9.80. The molecule has 1 saturated heterocycles. The highest BCUT2D eigenvalue weighted by molar-refractivity contribution is 5.14. The Morgan fingerprint density at radius 2 is 2.14 bits per heavy atom. The number of ether oxygens (including phenoxy) is 1. The molecular formula is C12H15NO. The van der Waals surface area contributed by atoms with Crippen molar-refractivity contribution in [1.82, 2.24) is 5.32 Å². The Morgan fingerprint density at radius 3 is 2.79 bits per heavy atom. The SMILES string of the molecule is C=C1NCCC1OCc1ccccc1. The molecule has 1 aliphatic rings. The molecule has 0 radical (unpaired) electrons. The van der Waals surface area contributed by atoms with Gasteiger partial charge in [0.15, 0.2) is 0 Å². The summed E-state index contributed by atoms with van der Waals surface area (Å²) in [6.07, 6.45) is 1.22. The average Bonchev–Trinajstić information content (AvgIpc) is 2.63. The van der Waals surface area contributed by atoms with Crippen molar-refractivity contribution in [3.63, 3.8) is 0 Å². The second-order valence-corrected chi connectivity index (χ2v) is 3.53. The Labute approximate surface area is 84.6 Å². The highest BCUT2D eigenvalue weighted by atomic mass is 16.5. The highest BCUT2D eigenvalue weighted by Gasteiger charge is 2.18. The molecule has 0 aliphatic carbocycles. The summed E-state index contributed by atoms with van der Waals surface area (Å²) in [5.41, 5.74) is 2.23. The van der Waals surface area contributed by atoms with Crippen LogP contribution in [0.15, 0.2) is 42.6 Å². The molecule has 1 heterocycles. The van der Waals surface area contributed by atoms with Crippen LogP contribution in [-0.4, -0.2) is 12.6 Å². The van der Waals surface area contributed by atoms with Crippen molar-refractivity contribution >= 4 is 0 Å². The van der Waals surface area contributed by atoms with Crippen molar-refractivity contribution in [2.75, 3.05) is 6.54 Å². The van der Waals surface area contributed by atoms with Gasteiger partial charge in [0.2, 0.25) is 0 Å². The quantitative estimate of drug-likeness (QED) is 0.786. The van der Waals surface area contributed by atoms with Crippen LogP contribution in [0.3, 0.4) is 0 Å². The molecule has 1 aromatic carbocycles. The van der Waals surface area contributed by atoms with Crippen LogP contribution in [0.4, 0.5) is 0 Å². The summed E-state index contributed by atoms with van der Waals surface area (Å²) in [7, 11) is 0. The van der Waals surface area contributed by atoms with Gasteiger partial charge in [-0.25, -0.2) is 0 Å². The molecule has 2 nitrogen and oxygen atoms in total. The predicted molar refractivity (Wildman–Crippen MR) is 56.8 cm³/mol. The van der Waals surface area contributed by atoms with Gasteiger partial charge >= 0.3 is 0 Å². The second kappa shape index (κ2) is 4.29. The molecule has 1 unspecified atom stereocenters. The number of hydrogen-bond donors (Lipinski definition) is 1. The molecule has 74 valence electrons. The largest absolute Gasteiger partial charge is 0.387 e. The van der Waals surface area contributed by atoms with Gasteiger partial charge in [0.1, 0.15) is 0 Å². The van der Waals surface area contributed by atoms with Crippen LogP contribution in [0.1, 0.15) is 12.0 Å². The number of benzene rings is 1. The van der Waals surface area contributed by atoms with Crippen molar-refractivity contribution < 1.29 is 4.74 Å². The van der Waals surface area contributed by atoms with Crippen molar-refractivity contribution in [2.45, 2.75) is 19.1 Å². The lowest BCUT2D eigenvalue weighted by atomic mass is 10.2. The third-order valence-corrected chi connectivity index (χ3v) is 2.44. The molecule has 1 aliphatic heterocycles. The first kappa shape index (κ1) is 9.28. The topological polar surface area (TPSA) is 21.3 Å². The lowest BCUT2D eigenvalue weighted by Gasteiger charge is -2.11. The Morgan fingerprint density at radius 1 is 1.36 bits per heavy atom. The molecule has 1 aromatic rings. The molecule has 1 atom stereocenters. The fraction of sp³-hybridized carbons (Fsp3) is 0.333. The van der Waals surface area contributed by atoms with E-state index >= 15 is 0 Å². The van der Waals surface area contributed by atoms with E-state index in [9.17, 15) is 0 Å². The van der Waals surface area contributed by atoms with Crippen molar-refractivity contribution in [1.29, 1.82) is 0 Å². The van der Waals surface area contributed by atoms with Crippen LogP contribution >= 0.6 is 0 Å². The van der Waals surface area contributed by atoms with Gasteiger partial charge in [0, 0.05) is 12.2 Å². The molecule has 14 heavy (non-hydrogen) atoms. The highest BCUT2D eigenvalue weighted by Crippen LogP contribution is 2.14. The first-order valence-corrected chi connectivity index (χ1v) is 4.94. The zero-order valence-electron chi connectivity index (χ0n) is 8.20. The predicted octanol–water partition coefficient (Wildman–Crippen LogP) is 2.08. The standard InChI is InChI=1S/C12H15NO/c1-10-12(7-8-13-10)14-9-11-5-3-2-4-6-11/h2-6,12-13H,1,7-9H2. The Kier molecular flexibility index (Phi) is 2.84. The van der Waals surface area contributed by atoms with Gasteiger partial charge in [-0.2, -0.15) is 0 Å². The van der Waals surface area contributed by atoms with Crippen LogP contribution < -0.4 is 5.32 Å². The van der Waals surface area contributed by atoms with Gasteiger partial charge in [-0.1, -0.05) is 36.9 Å². The molecule has 1 fully saturated rings. The molecule has 2 heteroatoms. The fourth-order valence-electron chi connectivity index (χ4n) is 1.61. The normalized spacial score (nSPS) is 20.9. The van der Waals surface area contributed by atoms with E-state index in [0.29, 0.717) is 6.61 Å². The van der Waals surface area contributed by atoms with Crippen molar-refractivity contribution in [3.05, 3.63) is 48.2 Å². The van der Waals surface area contributed by atoms with Gasteiger partial charge in [-0.3, -0.25) is 0 Å². The molecule has 0 aromatic heterocycles. The van der Waals surface area contributed by atoms with E-state index < -0.39 is 0 Å². The van der Waals surface area contributed by atoms with Crippen molar-refractivity contribution in [2.24, 2.45) is 0 Å². The van der Waals surface area contributed by atoms with Gasteiger partial charge in [0.25, 0.3) is 0 Å². The maximum Gasteiger partial charge on any atom is 0.0984 e. The molecule has 2 rings (SSSR count). The summed E-state index contributed by atoms with van der Waals surface area (Å²) < 4.78 is 5.74. The summed E-state index contributed by atoms with van der Waals surface area (Å²) in [5.74, 6) is 0. The van der Waals surface area contributed by atoms with Crippen LogP contribution in [0, 0.1) is 0 Å². The second-order valence-electron chi connectivity index (χ2n) is 3.53. The third-order valence-electron chi connectivity index (χ3n) is 2.44. The van der Waals surface area contributed by atoms with E-state index in [1.807, 2.05) is 18.2 Å². The molecule has 0 amide bonds. The Bertz CT molecular complexity index is 307. The number of nitrogens with one attached hydrogen (secondary N) is 1. The summed E-state index contributed by atoms with van der Waals surface area (Å²) >= 11 is 0. The molecule has 0 saturated carbocycles. The lowest BCUT2D eigenvalue weighted by Crippen LogP contribution is -2.13. The van der Waals surface area contributed by atoms with Gasteiger partial charge in [-0.15, -0.1) is 0 Å². The average molecular weight is 189 g/mol. The van der Waals surface area contributed by atoms with Gasteiger partial charge in [-0.05, 0) is 12.0 Å². The van der Waals surface area contributed by atoms with E-state index in [1.54, 1.807) is 0 Å². The maximum absolute atomic E-state index is 5.74. The summed E-state index contributed by atoms with van der Waals surface area (Å²) in [4.78, 5) is 0. The first-order valence-electron chi connectivity index (χ1n) is 4.94. The monoisotopic (exact) mass is 189 g/mol. The van der Waals surface area contributed by atoms with E-state index in [4.69, 9.17) is 4.74 Å². The van der Waals surface area contributed by atoms with Gasteiger partial charge in [0.05, 0.1) is 12.7 Å². The molecule has 0 bridgehead atoms. The minimum atomic E-state index is 0.190. The summed E-state index contributed by atoms with van der Waals surface area (Å²) in [6, 6.07) is 10.2. The Hall–Kier alpha value is -1.28. The molecule has 0 spiro atoms. The first-order chi connectivity index (χ1) is 6.86. The van der Waals surface area contributed by atoms with E-state index in [2.05, 4.69) is 24.0 Å². The minimum absolute atomic E-state index is 0.190. The van der Waals surface area contributed by atoms with E-state index in [0.717, 1.165) is 18.7 Å². The fourth-order valence-corrected chi connectivity index (χ4v) is 1.61. The molecule has 1 N–H and O–H groups in total. The van der Waals surface area contributed by atoms with Crippen LogP contribution in [0.5, 0.6) is 0 Å². The van der Waals surface area contributed by atoms with E-state index in [1.165, 1.54) is 5.56 Å². The number of rotatable bonds is 3. The maximum atomic E-state index is 5.74. The lowest BCUT2D eigenvalue weighted by molar-refractivity contribution is 0.0696.